The molecule has 0 spiro atoms. The summed E-state index contributed by atoms with van der Waals surface area (Å²) in [7, 11) is 0. The molecule has 2 rings (SSSR count). The maximum Gasteiger partial charge on any atom is 0.407 e. The topological polar surface area (TPSA) is 120 Å². The van der Waals surface area contributed by atoms with Crippen LogP contribution in [0.5, 0.6) is 0 Å². The van der Waals surface area contributed by atoms with E-state index in [0.717, 1.165) is 0 Å². The van der Waals surface area contributed by atoms with Crippen LogP contribution < -0.4 is 5.32 Å². The van der Waals surface area contributed by atoms with Gasteiger partial charge < -0.3 is 25.3 Å². The second-order valence-electron chi connectivity index (χ2n) is 6.48. The zero-order valence-electron chi connectivity index (χ0n) is 14.0. The lowest BCUT2D eigenvalue weighted by Gasteiger charge is -2.21. The van der Waals surface area contributed by atoms with Crippen LogP contribution in [0.1, 0.15) is 38.9 Å². The number of aliphatic hydroxyl groups excluding tert-OH is 2. The van der Waals surface area contributed by atoms with Gasteiger partial charge in [-0.2, -0.15) is 4.98 Å². The third kappa shape index (κ3) is 5.18. The molecule has 0 aliphatic heterocycles. The number of hydrogen-bond acceptors (Lipinski definition) is 6. The largest absolute Gasteiger partial charge is 0.444 e. The van der Waals surface area contributed by atoms with Crippen LogP contribution in [0.2, 0.25) is 10.4 Å². The van der Waals surface area contributed by atoms with Crippen LogP contribution in [0.15, 0.2) is 6.20 Å². The summed E-state index contributed by atoms with van der Waals surface area (Å²) in [6, 6.07) is 0. The van der Waals surface area contributed by atoms with Crippen molar-refractivity contribution in [2.75, 3.05) is 6.54 Å². The van der Waals surface area contributed by atoms with Gasteiger partial charge in [0.2, 0.25) is 5.28 Å². The summed E-state index contributed by atoms with van der Waals surface area (Å²) in [6.45, 7) is 5.38. The summed E-state index contributed by atoms with van der Waals surface area (Å²) < 4.78 is 5.09. The number of amides is 1. The Balaban J connectivity index is 1.99. The minimum Gasteiger partial charge on any atom is -0.444 e. The molecule has 2 heterocycles. The smallest absolute Gasteiger partial charge is 0.407 e. The molecule has 0 fully saturated rings. The molecule has 2 atom stereocenters. The van der Waals surface area contributed by atoms with Crippen LogP contribution >= 0.6 is 23.2 Å². The van der Waals surface area contributed by atoms with E-state index in [2.05, 4.69) is 20.3 Å². The minimum atomic E-state index is -1.24. The molecule has 0 aromatic carbocycles. The lowest BCUT2D eigenvalue weighted by atomic mass is 10.0. The SMILES string of the molecule is CC(C)(C)OC(=O)NCCC(O)C(O)c1c[nH]c2nc(Cl)nc(Cl)c12. The number of alkyl carbamates (subject to hydrolysis) is 1. The third-order valence-electron chi connectivity index (χ3n) is 3.28. The summed E-state index contributed by atoms with van der Waals surface area (Å²) >= 11 is 11.8. The van der Waals surface area contributed by atoms with Gasteiger partial charge in [-0.3, -0.25) is 0 Å². The maximum absolute atomic E-state index is 11.6. The summed E-state index contributed by atoms with van der Waals surface area (Å²) in [5.74, 6) is 0. The number of halogens is 2. The first-order chi connectivity index (χ1) is 11.6. The predicted molar refractivity (Wildman–Crippen MR) is 93.7 cm³/mol. The number of carbonyl (C=O) groups excluding carboxylic acids is 1. The average molecular weight is 391 g/mol. The molecule has 2 aromatic heterocycles. The summed E-state index contributed by atoms with van der Waals surface area (Å²) in [4.78, 5) is 22.2. The van der Waals surface area contributed by atoms with Gasteiger partial charge in [0.25, 0.3) is 0 Å². The Morgan fingerprint density at radius 2 is 2.04 bits per heavy atom. The van der Waals surface area contributed by atoms with Gasteiger partial charge in [0.1, 0.15) is 22.5 Å². The molecule has 4 N–H and O–H groups in total. The van der Waals surface area contributed by atoms with E-state index in [1.165, 1.54) is 6.20 Å². The fourth-order valence-corrected chi connectivity index (χ4v) is 2.71. The van der Waals surface area contributed by atoms with Gasteiger partial charge in [-0.1, -0.05) is 11.6 Å². The van der Waals surface area contributed by atoms with Gasteiger partial charge in [0, 0.05) is 18.3 Å². The second-order valence-corrected chi connectivity index (χ2v) is 7.18. The zero-order valence-corrected chi connectivity index (χ0v) is 15.5. The first-order valence-electron chi connectivity index (χ1n) is 7.61. The molecule has 0 saturated heterocycles. The molecule has 0 radical (unpaired) electrons. The Hall–Kier alpha value is -1.61. The number of rotatable bonds is 5. The number of nitrogens with zero attached hydrogens (tertiary/aromatic N) is 2. The number of aromatic nitrogens is 3. The lowest BCUT2D eigenvalue weighted by Crippen LogP contribution is -2.34. The molecular weight excluding hydrogens is 371 g/mol. The Morgan fingerprint density at radius 3 is 2.68 bits per heavy atom. The lowest BCUT2D eigenvalue weighted by molar-refractivity contribution is 0.0131. The van der Waals surface area contributed by atoms with Crippen molar-refractivity contribution in [2.24, 2.45) is 0 Å². The average Bonchev–Trinajstić information content (AvgIpc) is 2.88. The van der Waals surface area contributed by atoms with Crippen molar-refractivity contribution >= 4 is 40.3 Å². The van der Waals surface area contributed by atoms with E-state index in [9.17, 15) is 15.0 Å². The molecule has 138 valence electrons. The molecule has 0 aliphatic rings. The van der Waals surface area contributed by atoms with Crippen molar-refractivity contribution in [1.82, 2.24) is 20.3 Å². The quantitative estimate of drug-likeness (QED) is 0.459. The van der Waals surface area contributed by atoms with E-state index in [0.29, 0.717) is 16.6 Å². The molecule has 8 nitrogen and oxygen atoms in total. The summed E-state index contributed by atoms with van der Waals surface area (Å²) in [5, 5.41) is 23.5. The van der Waals surface area contributed by atoms with Gasteiger partial charge in [0.05, 0.1) is 11.5 Å². The molecule has 0 aliphatic carbocycles. The number of fused-ring (bicyclic) bond motifs is 1. The van der Waals surface area contributed by atoms with Crippen LogP contribution in [-0.2, 0) is 4.74 Å². The number of aromatic amines is 1. The number of carbonyl (C=O) groups is 1. The van der Waals surface area contributed by atoms with E-state index in [-0.39, 0.29) is 23.4 Å². The van der Waals surface area contributed by atoms with Gasteiger partial charge in [-0.25, -0.2) is 9.78 Å². The molecule has 2 unspecified atom stereocenters. The number of ether oxygens (including phenoxy) is 1. The highest BCUT2D eigenvalue weighted by atomic mass is 35.5. The molecule has 0 saturated carbocycles. The Bertz CT molecular complexity index is 760. The van der Waals surface area contributed by atoms with Gasteiger partial charge in [-0.15, -0.1) is 0 Å². The Labute approximate surface area is 154 Å². The predicted octanol–water partition coefficient (Wildman–Crippen LogP) is 2.57. The van der Waals surface area contributed by atoms with Crippen LogP contribution in [0.25, 0.3) is 11.0 Å². The van der Waals surface area contributed by atoms with Crippen molar-refractivity contribution in [3.05, 3.63) is 22.2 Å². The van der Waals surface area contributed by atoms with E-state index >= 15 is 0 Å². The normalized spacial score (nSPS) is 14.4. The highest BCUT2D eigenvalue weighted by Gasteiger charge is 2.24. The second kappa shape index (κ2) is 7.74. The van der Waals surface area contributed by atoms with E-state index in [4.69, 9.17) is 27.9 Å². The monoisotopic (exact) mass is 390 g/mol. The standard InChI is InChI=1S/C15H20Cl2N4O4/c1-15(2,3)25-14(24)18-5-4-8(22)10(23)7-6-19-12-9(7)11(16)20-13(17)21-12/h6,8,10,22-23H,4-5H2,1-3H3,(H,18,24)(H,19,20,21). The molecule has 25 heavy (non-hydrogen) atoms. The van der Waals surface area contributed by atoms with Gasteiger partial charge >= 0.3 is 6.09 Å². The number of aliphatic hydroxyl groups is 2. The van der Waals surface area contributed by atoms with E-state index in [1.54, 1.807) is 20.8 Å². The molecule has 2 aromatic rings. The Kier molecular flexibility index (Phi) is 6.10. The number of nitrogens with one attached hydrogen (secondary N) is 2. The van der Waals surface area contributed by atoms with Crippen molar-refractivity contribution in [2.45, 2.75) is 45.0 Å². The minimum absolute atomic E-state index is 0.0255. The van der Waals surface area contributed by atoms with Crippen LogP contribution in [0.4, 0.5) is 4.79 Å². The van der Waals surface area contributed by atoms with Gasteiger partial charge in [-0.05, 0) is 38.8 Å². The van der Waals surface area contributed by atoms with Crippen LogP contribution in [0.3, 0.4) is 0 Å². The first-order valence-corrected chi connectivity index (χ1v) is 8.37. The van der Waals surface area contributed by atoms with Crippen molar-refractivity contribution in [3.63, 3.8) is 0 Å². The van der Waals surface area contributed by atoms with Crippen LogP contribution in [-0.4, -0.2) is 49.5 Å². The van der Waals surface area contributed by atoms with Gasteiger partial charge in [0.15, 0.2) is 0 Å². The first kappa shape index (κ1) is 19.7. The molecular formula is C15H20Cl2N4O4. The van der Waals surface area contributed by atoms with Crippen molar-refractivity contribution in [1.29, 1.82) is 0 Å². The van der Waals surface area contributed by atoms with Crippen molar-refractivity contribution in [3.8, 4) is 0 Å². The highest BCUT2D eigenvalue weighted by Crippen LogP contribution is 2.31. The van der Waals surface area contributed by atoms with Crippen molar-refractivity contribution < 1.29 is 19.7 Å². The highest BCUT2D eigenvalue weighted by molar-refractivity contribution is 6.35. The van der Waals surface area contributed by atoms with E-state index in [1.807, 2.05) is 0 Å². The fraction of sp³-hybridized carbons (Fsp3) is 0.533. The molecule has 0 bridgehead atoms. The number of H-pyrrole nitrogens is 1. The summed E-state index contributed by atoms with van der Waals surface area (Å²) in [5.41, 5.74) is 0.101. The fourth-order valence-electron chi connectivity index (χ4n) is 2.22. The molecule has 1 amide bonds. The maximum atomic E-state index is 11.6. The zero-order chi connectivity index (χ0) is 18.8. The number of hydrogen-bond donors (Lipinski definition) is 4. The summed E-state index contributed by atoms with van der Waals surface area (Å²) in [6.07, 6.45) is -1.37. The van der Waals surface area contributed by atoms with Crippen LogP contribution in [0, 0.1) is 0 Å². The third-order valence-corrected chi connectivity index (χ3v) is 3.72. The van der Waals surface area contributed by atoms with E-state index < -0.39 is 23.9 Å². The molecule has 10 heteroatoms. The Morgan fingerprint density at radius 1 is 1.36 bits per heavy atom.